The normalized spacial score (nSPS) is 26.2. The van der Waals surface area contributed by atoms with Gasteiger partial charge in [-0.3, -0.25) is 14.5 Å². The predicted octanol–water partition coefficient (Wildman–Crippen LogP) is 0.439. The van der Waals surface area contributed by atoms with Crippen LogP contribution in [-0.4, -0.2) is 86.4 Å². The quantitative estimate of drug-likeness (QED) is 0.730. The van der Waals surface area contributed by atoms with E-state index in [9.17, 15) is 14.7 Å². The number of aliphatic carboxylic acids is 1. The van der Waals surface area contributed by atoms with Crippen LogP contribution in [0.3, 0.4) is 0 Å². The Balaban J connectivity index is 1.87. The summed E-state index contributed by atoms with van der Waals surface area (Å²) in [4.78, 5) is 28.2. The molecule has 0 saturated carbocycles. The van der Waals surface area contributed by atoms with E-state index in [0.717, 1.165) is 39.3 Å². The number of rotatable bonds is 7. The minimum Gasteiger partial charge on any atom is -0.481 e. The topological polar surface area (TPSA) is 79.3 Å². The summed E-state index contributed by atoms with van der Waals surface area (Å²) >= 11 is 0. The summed E-state index contributed by atoms with van der Waals surface area (Å²) in [6, 6.07) is 0. The Morgan fingerprint density at radius 3 is 2.65 bits per heavy atom. The zero-order valence-electron chi connectivity index (χ0n) is 14.0. The van der Waals surface area contributed by atoms with Crippen molar-refractivity contribution in [1.82, 2.24) is 9.80 Å². The van der Waals surface area contributed by atoms with Crippen molar-refractivity contribution in [2.45, 2.75) is 25.7 Å². The van der Waals surface area contributed by atoms with Crippen LogP contribution < -0.4 is 0 Å². The van der Waals surface area contributed by atoms with Crippen LogP contribution in [0.5, 0.6) is 0 Å². The average Bonchev–Trinajstić information content (AvgIpc) is 2.59. The van der Waals surface area contributed by atoms with Gasteiger partial charge in [0.05, 0.1) is 18.6 Å². The smallest absolute Gasteiger partial charge is 0.311 e. The maximum atomic E-state index is 12.5. The highest BCUT2D eigenvalue weighted by Gasteiger charge is 2.43. The fourth-order valence-electron chi connectivity index (χ4n) is 3.36. The Morgan fingerprint density at radius 2 is 2.00 bits per heavy atom. The van der Waals surface area contributed by atoms with Gasteiger partial charge >= 0.3 is 5.97 Å². The van der Waals surface area contributed by atoms with Crippen molar-refractivity contribution < 1.29 is 24.2 Å². The molecule has 0 unspecified atom stereocenters. The number of carboxylic acid groups (broad SMARTS) is 1. The Hall–Kier alpha value is -1.18. The molecular weight excluding hydrogens is 300 g/mol. The van der Waals surface area contributed by atoms with E-state index >= 15 is 0 Å². The van der Waals surface area contributed by atoms with E-state index in [0.29, 0.717) is 39.0 Å². The molecule has 23 heavy (non-hydrogen) atoms. The lowest BCUT2D eigenvalue weighted by Gasteiger charge is -2.40. The average molecular weight is 328 g/mol. The molecule has 1 amide bonds. The zero-order valence-corrected chi connectivity index (χ0v) is 14.0. The number of morpholine rings is 1. The fourth-order valence-corrected chi connectivity index (χ4v) is 3.36. The van der Waals surface area contributed by atoms with Gasteiger partial charge in [-0.2, -0.15) is 0 Å². The Labute approximate surface area is 137 Å². The van der Waals surface area contributed by atoms with Crippen LogP contribution in [0, 0.1) is 5.41 Å². The van der Waals surface area contributed by atoms with Gasteiger partial charge in [-0.05, 0) is 19.3 Å². The molecule has 7 heteroatoms. The van der Waals surface area contributed by atoms with E-state index in [4.69, 9.17) is 9.47 Å². The molecule has 2 heterocycles. The molecule has 2 aliphatic heterocycles. The number of piperidine rings is 1. The third kappa shape index (κ3) is 4.89. The lowest BCUT2D eigenvalue weighted by molar-refractivity contribution is -0.156. The first-order valence-corrected chi connectivity index (χ1v) is 8.38. The molecule has 0 bridgehead atoms. The molecule has 132 valence electrons. The second kappa shape index (κ2) is 8.61. The number of carboxylic acids is 1. The summed E-state index contributed by atoms with van der Waals surface area (Å²) in [6.07, 6.45) is 2.24. The van der Waals surface area contributed by atoms with E-state index in [-0.39, 0.29) is 5.91 Å². The molecule has 7 nitrogen and oxygen atoms in total. The molecule has 0 radical (unpaired) electrons. The molecule has 0 aromatic rings. The van der Waals surface area contributed by atoms with Gasteiger partial charge in [-0.1, -0.05) is 0 Å². The minimum atomic E-state index is -0.858. The van der Waals surface area contributed by atoms with Crippen molar-refractivity contribution in [2.75, 3.05) is 59.7 Å². The maximum absolute atomic E-state index is 12.5. The van der Waals surface area contributed by atoms with E-state index in [1.807, 2.05) is 0 Å². The lowest BCUT2D eigenvalue weighted by atomic mass is 9.77. The highest BCUT2D eigenvalue weighted by molar-refractivity contribution is 5.79. The van der Waals surface area contributed by atoms with Crippen LogP contribution in [0.4, 0.5) is 0 Å². The van der Waals surface area contributed by atoms with Crippen molar-refractivity contribution in [3.63, 3.8) is 0 Å². The van der Waals surface area contributed by atoms with Crippen LogP contribution >= 0.6 is 0 Å². The minimum absolute atomic E-state index is 0.0548. The number of nitrogens with zero attached hydrogens (tertiary/aromatic N) is 2. The number of likely N-dealkylation sites (tertiary alicyclic amines) is 1. The molecule has 0 aliphatic carbocycles. The van der Waals surface area contributed by atoms with Crippen molar-refractivity contribution in [2.24, 2.45) is 5.41 Å². The number of methoxy groups -OCH3 is 1. The van der Waals surface area contributed by atoms with Crippen molar-refractivity contribution in [3.05, 3.63) is 0 Å². The number of carbonyl (C=O) groups excluding carboxylic acids is 1. The summed E-state index contributed by atoms with van der Waals surface area (Å²) in [6.45, 7) is 5.24. The number of ether oxygens (including phenoxy) is 2. The molecule has 0 aromatic carbocycles. The third-order valence-corrected chi connectivity index (χ3v) is 4.91. The molecule has 0 aromatic heterocycles. The third-order valence-electron chi connectivity index (χ3n) is 4.91. The number of hydrogen-bond donors (Lipinski definition) is 1. The highest BCUT2D eigenvalue weighted by atomic mass is 16.5. The Kier molecular flexibility index (Phi) is 6.80. The number of amides is 1. The maximum Gasteiger partial charge on any atom is 0.311 e. The molecular formula is C16H28N2O5. The first-order valence-electron chi connectivity index (χ1n) is 8.38. The summed E-state index contributed by atoms with van der Waals surface area (Å²) < 4.78 is 10.4. The van der Waals surface area contributed by atoms with Crippen LogP contribution in [0.2, 0.25) is 0 Å². The summed E-state index contributed by atoms with van der Waals surface area (Å²) in [7, 11) is 1.57. The molecule has 0 spiro atoms. The van der Waals surface area contributed by atoms with E-state index in [1.54, 1.807) is 12.0 Å². The van der Waals surface area contributed by atoms with Gasteiger partial charge in [0, 0.05) is 52.9 Å². The molecule has 2 rings (SSSR count). The fraction of sp³-hybridized carbons (Fsp3) is 0.875. The lowest BCUT2D eigenvalue weighted by Crippen LogP contribution is -2.51. The number of hydrogen-bond acceptors (Lipinski definition) is 5. The van der Waals surface area contributed by atoms with Crippen LogP contribution in [-0.2, 0) is 19.1 Å². The first kappa shape index (κ1) is 18.2. The first-order chi connectivity index (χ1) is 11.1. The van der Waals surface area contributed by atoms with Crippen molar-refractivity contribution in [1.29, 1.82) is 0 Å². The van der Waals surface area contributed by atoms with Crippen molar-refractivity contribution in [3.8, 4) is 0 Å². The zero-order chi connectivity index (χ0) is 16.7. The second-order valence-electron chi connectivity index (χ2n) is 6.45. The van der Waals surface area contributed by atoms with Gasteiger partial charge in [-0.25, -0.2) is 0 Å². The van der Waals surface area contributed by atoms with Crippen molar-refractivity contribution >= 4 is 11.9 Å². The van der Waals surface area contributed by atoms with Crippen LogP contribution in [0.15, 0.2) is 0 Å². The van der Waals surface area contributed by atoms with Gasteiger partial charge in [0.25, 0.3) is 0 Å². The largest absolute Gasteiger partial charge is 0.481 e. The van der Waals surface area contributed by atoms with Crippen LogP contribution in [0.1, 0.15) is 25.7 Å². The summed E-state index contributed by atoms with van der Waals surface area (Å²) in [5.74, 6) is -0.764. The molecule has 2 saturated heterocycles. The Bertz CT molecular complexity index is 411. The van der Waals surface area contributed by atoms with Gasteiger partial charge < -0.3 is 19.5 Å². The molecule has 2 aliphatic rings. The Morgan fingerprint density at radius 1 is 1.26 bits per heavy atom. The molecule has 2 fully saturated rings. The highest BCUT2D eigenvalue weighted by Crippen LogP contribution is 2.34. The van der Waals surface area contributed by atoms with Gasteiger partial charge in [0.1, 0.15) is 0 Å². The van der Waals surface area contributed by atoms with Gasteiger partial charge in [0.2, 0.25) is 5.91 Å². The SMILES string of the molecule is COCC[C@]1(C(=O)O)CCCN(C(=O)CCN2CCOCC2)C1. The van der Waals surface area contributed by atoms with E-state index in [1.165, 1.54) is 0 Å². The second-order valence-corrected chi connectivity index (χ2v) is 6.45. The predicted molar refractivity (Wildman–Crippen MR) is 84.3 cm³/mol. The number of carbonyl (C=O) groups is 2. The van der Waals surface area contributed by atoms with E-state index in [2.05, 4.69) is 4.90 Å². The monoisotopic (exact) mass is 328 g/mol. The molecule has 1 atom stereocenters. The standard InChI is InChI=1S/C16H28N2O5/c1-22-10-5-16(15(20)21)4-2-6-18(13-16)14(19)3-7-17-8-11-23-12-9-17/h2-13H2,1H3,(H,20,21)/t16-/m1/s1. The molecule has 1 N–H and O–H groups in total. The van der Waals surface area contributed by atoms with Gasteiger partial charge in [0.15, 0.2) is 0 Å². The van der Waals surface area contributed by atoms with Gasteiger partial charge in [-0.15, -0.1) is 0 Å². The summed E-state index contributed by atoms with van der Waals surface area (Å²) in [5, 5.41) is 9.63. The summed E-state index contributed by atoms with van der Waals surface area (Å²) in [5.41, 5.74) is -0.858. The van der Waals surface area contributed by atoms with E-state index < -0.39 is 11.4 Å². The van der Waals surface area contributed by atoms with Crippen LogP contribution in [0.25, 0.3) is 0 Å².